The van der Waals surface area contributed by atoms with Crippen molar-refractivity contribution in [1.29, 1.82) is 0 Å². The fourth-order valence-electron chi connectivity index (χ4n) is 5.19. The first-order valence-corrected chi connectivity index (χ1v) is 13.4. The molecule has 41 heavy (non-hydrogen) atoms. The summed E-state index contributed by atoms with van der Waals surface area (Å²) in [4.78, 5) is 39.4. The Bertz CT molecular complexity index is 1510. The third-order valence-corrected chi connectivity index (χ3v) is 7.11. The van der Waals surface area contributed by atoms with Gasteiger partial charge in [0.25, 0.3) is 5.91 Å². The van der Waals surface area contributed by atoms with Crippen LogP contribution < -0.4 is 10.6 Å². The highest BCUT2D eigenvalue weighted by Crippen LogP contribution is 2.44. The summed E-state index contributed by atoms with van der Waals surface area (Å²) in [5, 5.41) is 15.0. The molecule has 4 aromatic rings. The van der Waals surface area contributed by atoms with Crippen molar-refractivity contribution in [2.75, 3.05) is 25.5 Å². The summed E-state index contributed by atoms with van der Waals surface area (Å²) in [6.07, 6.45) is -0.643. The third-order valence-electron chi connectivity index (χ3n) is 7.11. The Morgan fingerprint density at radius 1 is 0.854 bits per heavy atom. The minimum atomic E-state index is -1.13. The number of carboxylic acids is 1. The van der Waals surface area contributed by atoms with E-state index in [0.717, 1.165) is 27.8 Å². The second-order valence-electron chi connectivity index (χ2n) is 10.1. The molecule has 8 nitrogen and oxygen atoms in total. The topological polar surface area (TPSA) is 108 Å². The van der Waals surface area contributed by atoms with Gasteiger partial charge in [-0.25, -0.2) is 9.59 Å². The fraction of sp³-hybridized carbons (Fsp3) is 0.182. The lowest BCUT2D eigenvalue weighted by molar-refractivity contribution is -0.139. The molecule has 0 heterocycles. The molecule has 0 saturated carbocycles. The van der Waals surface area contributed by atoms with Crippen LogP contribution in [0.15, 0.2) is 103 Å². The number of nitrogens with zero attached hydrogens (tertiary/aromatic N) is 1. The molecular weight excluding hydrogens is 518 g/mol. The van der Waals surface area contributed by atoms with Crippen LogP contribution in [0.3, 0.4) is 0 Å². The van der Waals surface area contributed by atoms with E-state index in [2.05, 4.69) is 22.8 Å². The number of fused-ring (bicyclic) bond motifs is 3. The predicted octanol–water partition coefficient (Wildman–Crippen LogP) is 5.36. The highest BCUT2D eigenvalue weighted by molar-refractivity contribution is 5.98. The Kier molecular flexibility index (Phi) is 8.41. The number of nitrogens with one attached hydrogen (secondary N) is 2. The second-order valence-corrected chi connectivity index (χ2v) is 10.1. The summed E-state index contributed by atoms with van der Waals surface area (Å²) in [5.41, 5.74) is 6.13. The predicted molar refractivity (Wildman–Crippen MR) is 157 cm³/mol. The Labute approximate surface area is 238 Å². The first kappa shape index (κ1) is 27.6. The molecular formula is C33H31N3O5. The van der Waals surface area contributed by atoms with Crippen molar-refractivity contribution in [3.63, 3.8) is 0 Å². The number of hydrogen-bond donors (Lipinski definition) is 3. The zero-order valence-corrected chi connectivity index (χ0v) is 22.6. The molecule has 3 N–H and O–H groups in total. The van der Waals surface area contributed by atoms with E-state index in [9.17, 15) is 19.5 Å². The van der Waals surface area contributed by atoms with Gasteiger partial charge in [-0.05, 0) is 53.1 Å². The van der Waals surface area contributed by atoms with Crippen LogP contribution in [0.1, 0.15) is 33.0 Å². The SMILES string of the molecule is CN(Cc1ccccc1)CC(NC(=O)c1cccc(NC(=O)OCC2c3ccccc3-c3ccccc32)c1)C(=O)O. The van der Waals surface area contributed by atoms with Crippen LogP contribution in [0.5, 0.6) is 0 Å². The van der Waals surface area contributed by atoms with Crippen molar-refractivity contribution in [2.24, 2.45) is 0 Å². The molecule has 4 aromatic carbocycles. The summed E-state index contributed by atoms with van der Waals surface area (Å²) in [6, 6.07) is 31.0. The molecule has 8 heteroatoms. The maximum atomic E-state index is 12.9. The third kappa shape index (κ3) is 6.62. The molecule has 1 aliphatic carbocycles. The zero-order chi connectivity index (χ0) is 28.8. The lowest BCUT2D eigenvalue weighted by atomic mass is 9.98. The molecule has 2 amide bonds. The highest BCUT2D eigenvalue weighted by Gasteiger charge is 2.29. The first-order valence-electron chi connectivity index (χ1n) is 13.4. The van der Waals surface area contributed by atoms with Gasteiger partial charge < -0.3 is 15.2 Å². The van der Waals surface area contributed by atoms with Crippen LogP contribution >= 0.6 is 0 Å². The minimum absolute atomic E-state index is 0.0711. The number of aliphatic carboxylic acids is 1. The molecule has 0 aliphatic heterocycles. The van der Waals surface area contributed by atoms with Crippen LogP contribution in [0.2, 0.25) is 0 Å². The molecule has 1 atom stereocenters. The van der Waals surface area contributed by atoms with Crippen LogP contribution in [-0.2, 0) is 16.1 Å². The Balaban J connectivity index is 1.18. The average Bonchev–Trinajstić information content (AvgIpc) is 3.30. The van der Waals surface area contributed by atoms with Crippen molar-refractivity contribution < 1.29 is 24.2 Å². The Morgan fingerprint density at radius 3 is 2.15 bits per heavy atom. The first-order chi connectivity index (χ1) is 19.9. The van der Waals surface area contributed by atoms with Gasteiger partial charge in [0.2, 0.25) is 0 Å². The standard InChI is InChI=1S/C33H31N3O5/c1-36(19-22-10-3-2-4-11-22)20-30(32(38)39)35-31(37)23-12-9-13-24(18-23)34-33(40)41-21-29-27-16-7-5-14-25(27)26-15-6-8-17-28(26)29/h2-18,29-30H,19-21H2,1H3,(H,34,40)(H,35,37)(H,38,39). The Morgan fingerprint density at radius 2 is 1.49 bits per heavy atom. The van der Waals surface area contributed by atoms with Gasteiger partial charge in [0.05, 0.1) is 0 Å². The molecule has 0 fully saturated rings. The van der Waals surface area contributed by atoms with Crippen molar-refractivity contribution >= 4 is 23.7 Å². The van der Waals surface area contributed by atoms with Crippen LogP contribution in [-0.4, -0.2) is 54.2 Å². The number of ether oxygens (including phenoxy) is 1. The van der Waals surface area contributed by atoms with Crippen LogP contribution in [0.4, 0.5) is 10.5 Å². The number of carboxylic acid groups (broad SMARTS) is 1. The van der Waals surface area contributed by atoms with Crippen molar-refractivity contribution in [3.8, 4) is 11.1 Å². The van der Waals surface area contributed by atoms with Gasteiger partial charge in [0.15, 0.2) is 0 Å². The van der Waals surface area contributed by atoms with Gasteiger partial charge >= 0.3 is 12.1 Å². The van der Waals surface area contributed by atoms with Crippen molar-refractivity contribution in [3.05, 3.63) is 125 Å². The maximum absolute atomic E-state index is 12.9. The number of likely N-dealkylation sites (N-methyl/N-ethyl adjacent to an activating group) is 1. The van der Waals surface area contributed by atoms with Crippen LogP contribution in [0.25, 0.3) is 11.1 Å². The molecule has 0 spiro atoms. The monoisotopic (exact) mass is 549 g/mol. The average molecular weight is 550 g/mol. The van der Waals surface area contributed by atoms with Crippen molar-refractivity contribution in [1.82, 2.24) is 10.2 Å². The Hall–Kier alpha value is -4.95. The lowest BCUT2D eigenvalue weighted by Crippen LogP contribution is -2.47. The van der Waals surface area contributed by atoms with E-state index in [0.29, 0.717) is 12.2 Å². The van der Waals surface area contributed by atoms with Gasteiger partial charge in [-0.2, -0.15) is 0 Å². The maximum Gasteiger partial charge on any atom is 0.411 e. The molecule has 208 valence electrons. The van der Waals surface area contributed by atoms with Gasteiger partial charge in [0, 0.05) is 30.3 Å². The summed E-state index contributed by atoms with van der Waals surface area (Å²) in [7, 11) is 1.80. The van der Waals surface area contributed by atoms with E-state index >= 15 is 0 Å². The van der Waals surface area contributed by atoms with E-state index in [1.54, 1.807) is 25.2 Å². The normalized spacial score (nSPS) is 12.7. The van der Waals surface area contributed by atoms with E-state index < -0.39 is 24.0 Å². The molecule has 0 saturated heterocycles. The molecule has 5 rings (SSSR count). The summed E-state index contributed by atoms with van der Waals surface area (Å²) in [5.74, 6) is -1.76. The molecule has 0 aromatic heterocycles. The second kappa shape index (κ2) is 12.5. The highest BCUT2D eigenvalue weighted by atomic mass is 16.5. The molecule has 0 radical (unpaired) electrons. The number of amides is 2. The number of carbonyl (C=O) groups is 3. The number of anilines is 1. The van der Waals surface area contributed by atoms with Gasteiger partial charge in [-0.3, -0.25) is 15.0 Å². The molecule has 1 aliphatic rings. The van der Waals surface area contributed by atoms with E-state index in [1.165, 1.54) is 6.07 Å². The summed E-state index contributed by atoms with van der Waals surface area (Å²) >= 11 is 0. The lowest BCUT2D eigenvalue weighted by Gasteiger charge is -2.22. The quantitative estimate of drug-likeness (QED) is 0.246. The van der Waals surface area contributed by atoms with E-state index in [4.69, 9.17) is 4.74 Å². The fourth-order valence-corrected chi connectivity index (χ4v) is 5.19. The van der Waals surface area contributed by atoms with E-state index in [1.807, 2.05) is 71.6 Å². The number of hydrogen-bond acceptors (Lipinski definition) is 5. The van der Waals surface area contributed by atoms with E-state index in [-0.39, 0.29) is 24.6 Å². The smallest absolute Gasteiger partial charge is 0.411 e. The zero-order valence-electron chi connectivity index (χ0n) is 22.6. The number of benzene rings is 4. The molecule has 0 bridgehead atoms. The largest absolute Gasteiger partial charge is 0.480 e. The summed E-state index contributed by atoms with van der Waals surface area (Å²) < 4.78 is 5.60. The van der Waals surface area contributed by atoms with Crippen molar-refractivity contribution in [2.45, 2.75) is 18.5 Å². The van der Waals surface area contributed by atoms with Crippen LogP contribution in [0, 0.1) is 0 Å². The number of rotatable bonds is 10. The van der Waals surface area contributed by atoms with Gasteiger partial charge in [0.1, 0.15) is 12.6 Å². The summed E-state index contributed by atoms with van der Waals surface area (Å²) in [6.45, 7) is 0.824. The van der Waals surface area contributed by atoms with Gasteiger partial charge in [-0.1, -0.05) is 84.9 Å². The minimum Gasteiger partial charge on any atom is -0.480 e. The number of carbonyl (C=O) groups excluding carboxylic acids is 2. The van der Waals surface area contributed by atoms with Gasteiger partial charge in [-0.15, -0.1) is 0 Å². The molecule has 1 unspecified atom stereocenters.